The number of benzene rings is 2. The molecule has 2 heterocycles. The number of halogens is 1. The first-order valence-corrected chi connectivity index (χ1v) is 9.67. The highest BCUT2D eigenvalue weighted by molar-refractivity contribution is 6.35. The number of carbonyl (C=O) groups is 1. The molecule has 0 saturated heterocycles. The summed E-state index contributed by atoms with van der Waals surface area (Å²) < 4.78 is 0. The van der Waals surface area contributed by atoms with Crippen LogP contribution >= 0.6 is 11.6 Å². The van der Waals surface area contributed by atoms with Gasteiger partial charge in [0.05, 0.1) is 10.5 Å². The molecule has 0 radical (unpaired) electrons. The fourth-order valence-electron chi connectivity index (χ4n) is 3.22. The molecule has 0 bridgehead atoms. The Balaban J connectivity index is 1.38. The number of H-pyrrole nitrogens is 1. The molecular weight excluding hydrogens is 384 g/mol. The van der Waals surface area contributed by atoms with Crippen LogP contribution in [0.3, 0.4) is 0 Å². The molecular formula is C23H19ClN4O. The number of amides is 1. The average Bonchev–Trinajstić information content (AvgIpc) is 3.18. The molecule has 0 spiro atoms. The molecule has 2 aromatic heterocycles. The van der Waals surface area contributed by atoms with E-state index in [0.29, 0.717) is 23.8 Å². The van der Waals surface area contributed by atoms with Gasteiger partial charge in [-0.1, -0.05) is 48.0 Å². The molecule has 4 aromatic rings. The molecule has 0 aliphatic heterocycles. The lowest BCUT2D eigenvalue weighted by Crippen LogP contribution is -2.23. The number of aromatic amines is 1. The van der Waals surface area contributed by atoms with E-state index >= 15 is 0 Å². The van der Waals surface area contributed by atoms with Crippen molar-refractivity contribution < 1.29 is 4.79 Å². The molecule has 2 aromatic carbocycles. The Labute approximate surface area is 173 Å². The van der Waals surface area contributed by atoms with Crippen LogP contribution in [0.15, 0.2) is 73.2 Å². The van der Waals surface area contributed by atoms with Gasteiger partial charge < -0.3 is 10.3 Å². The SMILES string of the molecule is O=C(/C=C/c1c[nH]c2c(Cl)cccc12)NCCc1ccccc1-c1ncccn1. The van der Waals surface area contributed by atoms with Gasteiger partial charge in [-0.3, -0.25) is 4.79 Å². The van der Waals surface area contributed by atoms with Gasteiger partial charge in [0.15, 0.2) is 5.82 Å². The van der Waals surface area contributed by atoms with E-state index in [0.717, 1.165) is 27.6 Å². The first-order valence-electron chi connectivity index (χ1n) is 9.29. The van der Waals surface area contributed by atoms with Crippen LogP contribution in [0.4, 0.5) is 0 Å². The zero-order chi connectivity index (χ0) is 20.1. The summed E-state index contributed by atoms with van der Waals surface area (Å²) in [6.45, 7) is 0.521. The van der Waals surface area contributed by atoms with E-state index in [2.05, 4.69) is 20.3 Å². The molecule has 2 N–H and O–H groups in total. The number of hydrogen-bond donors (Lipinski definition) is 2. The van der Waals surface area contributed by atoms with Crippen molar-refractivity contribution >= 4 is 34.5 Å². The molecule has 0 aliphatic rings. The second-order valence-electron chi connectivity index (χ2n) is 6.51. The molecule has 29 heavy (non-hydrogen) atoms. The molecule has 0 aliphatic carbocycles. The van der Waals surface area contributed by atoms with Crippen LogP contribution in [0, 0.1) is 0 Å². The predicted octanol–water partition coefficient (Wildman–Crippen LogP) is 4.65. The average molecular weight is 403 g/mol. The van der Waals surface area contributed by atoms with Gasteiger partial charge in [-0.15, -0.1) is 0 Å². The zero-order valence-corrected chi connectivity index (χ0v) is 16.4. The fourth-order valence-corrected chi connectivity index (χ4v) is 3.45. The Kier molecular flexibility index (Phi) is 5.68. The predicted molar refractivity (Wildman–Crippen MR) is 117 cm³/mol. The second kappa shape index (κ2) is 8.71. The van der Waals surface area contributed by atoms with Crippen molar-refractivity contribution in [3.8, 4) is 11.4 Å². The second-order valence-corrected chi connectivity index (χ2v) is 6.92. The molecule has 0 unspecified atom stereocenters. The van der Waals surface area contributed by atoms with Crippen LogP contribution in [0.25, 0.3) is 28.4 Å². The summed E-state index contributed by atoms with van der Waals surface area (Å²) in [5.41, 5.74) is 3.86. The van der Waals surface area contributed by atoms with Gasteiger partial charge in [0.2, 0.25) is 5.91 Å². The standard InChI is InChI=1S/C23H19ClN4O/c24-20-8-3-7-18-17(15-28-22(18)20)9-10-21(29)25-14-11-16-5-1-2-6-19(16)23-26-12-4-13-27-23/h1-10,12-13,15,28H,11,14H2,(H,25,29)/b10-9+. The molecule has 5 nitrogen and oxygen atoms in total. The van der Waals surface area contributed by atoms with E-state index < -0.39 is 0 Å². The smallest absolute Gasteiger partial charge is 0.244 e. The lowest BCUT2D eigenvalue weighted by molar-refractivity contribution is -0.116. The Morgan fingerprint density at radius 3 is 2.76 bits per heavy atom. The molecule has 6 heteroatoms. The molecule has 4 rings (SSSR count). The summed E-state index contributed by atoms with van der Waals surface area (Å²) in [6, 6.07) is 15.5. The monoisotopic (exact) mass is 402 g/mol. The zero-order valence-electron chi connectivity index (χ0n) is 15.6. The fraction of sp³-hybridized carbons (Fsp3) is 0.0870. The van der Waals surface area contributed by atoms with Crippen molar-refractivity contribution in [3.63, 3.8) is 0 Å². The maximum atomic E-state index is 12.2. The number of carbonyl (C=O) groups excluding carboxylic acids is 1. The number of nitrogens with zero attached hydrogens (tertiary/aromatic N) is 2. The van der Waals surface area contributed by atoms with Gasteiger partial charge >= 0.3 is 0 Å². The Bertz CT molecular complexity index is 1170. The summed E-state index contributed by atoms with van der Waals surface area (Å²) in [5, 5.41) is 4.57. The van der Waals surface area contributed by atoms with Gasteiger partial charge in [0.1, 0.15) is 0 Å². The summed E-state index contributed by atoms with van der Waals surface area (Å²) in [5.74, 6) is 0.544. The van der Waals surface area contributed by atoms with Crippen molar-refractivity contribution in [1.29, 1.82) is 0 Å². The number of hydrogen-bond acceptors (Lipinski definition) is 3. The summed E-state index contributed by atoms with van der Waals surface area (Å²) in [7, 11) is 0. The van der Waals surface area contributed by atoms with E-state index in [1.165, 1.54) is 6.08 Å². The van der Waals surface area contributed by atoms with Crippen LogP contribution in [-0.2, 0) is 11.2 Å². The first-order chi connectivity index (χ1) is 14.2. The highest BCUT2D eigenvalue weighted by Crippen LogP contribution is 2.25. The normalized spacial score (nSPS) is 11.2. The highest BCUT2D eigenvalue weighted by atomic mass is 35.5. The number of fused-ring (bicyclic) bond motifs is 1. The van der Waals surface area contributed by atoms with Crippen LogP contribution in [0.1, 0.15) is 11.1 Å². The van der Waals surface area contributed by atoms with Crippen molar-refractivity contribution in [1.82, 2.24) is 20.3 Å². The molecule has 144 valence electrons. The van der Waals surface area contributed by atoms with Gasteiger partial charge in [0.25, 0.3) is 0 Å². The van der Waals surface area contributed by atoms with E-state index in [4.69, 9.17) is 11.6 Å². The molecule has 0 saturated carbocycles. The van der Waals surface area contributed by atoms with Crippen LogP contribution < -0.4 is 5.32 Å². The van der Waals surface area contributed by atoms with Gasteiger partial charge in [0, 0.05) is 42.2 Å². The Morgan fingerprint density at radius 2 is 1.90 bits per heavy atom. The van der Waals surface area contributed by atoms with Crippen molar-refractivity contribution in [2.75, 3.05) is 6.54 Å². The summed E-state index contributed by atoms with van der Waals surface area (Å²) in [6.07, 6.45) is 9.31. The lowest BCUT2D eigenvalue weighted by Gasteiger charge is -2.08. The van der Waals surface area contributed by atoms with Crippen LogP contribution in [-0.4, -0.2) is 27.4 Å². The third-order valence-corrected chi connectivity index (χ3v) is 4.94. The highest BCUT2D eigenvalue weighted by Gasteiger charge is 2.07. The third kappa shape index (κ3) is 4.36. The number of para-hydroxylation sites is 1. The van der Waals surface area contributed by atoms with Gasteiger partial charge in [-0.2, -0.15) is 0 Å². The number of aromatic nitrogens is 3. The summed E-state index contributed by atoms with van der Waals surface area (Å²) in [4.78, 5) is 24.0. The van der Waals surface area contributed by atoms with E-state index in [1.807, 2.05) is 48.7 Å². The van der Waals surface area contributed by atoms with Crippen molar-refractivity contribution in [2.45, 2.75) is 6.42 Å². The number of nitrogens with one attached hydrogen (secondary N) is 2. The minimum absolute atomic E-state index is 0.144. The molecule has 0 fully saturated rings. The maximum absolute atomic E-state index is 12.2. The van der Waals surface area contributed by atoms with E-state index in [1.54, 1.807) is 24.5 Å². The minimum atomic E-state index is -0.144. The number of rotatable bonds is 6. The van der Waals surface area contributed by atoms with Crippen LogP contribution in [0.5, 0.6) is 0 Å². The minimum Gasteiger partial charge on any atom is -0.359 e. The quantitative estimate of drug-likeness (QED) is 0.461. The topological polar surface area (TPSA) is 70.7 Å². The largest absolute Gasteiger partial charge is 0.359 e. The van der Waals surface area contributed by atoms with Gasteiger partial charge in [-0.05, 0) is 35.8 Å². The van der Waals surface area contributed by atoms with Crippen molar-refractivity contribution in [2.24, 2.45) is 0 Å². The summed E-state index contributed by atoms with van der Waals surface area (Å²) >= 11 is 6.17. The van der Waals surface area contributed by atoms with Gasteiger partial charge in [-0.25, -0.2) is 9.97 Å². The van der Waals surface area contributed by atoms with Crippen molar-refractivity contribution in [3.05, 3.63) is 89.3 Å². The first kappa shape index (κ1) is 18.9. The molecule has 0 atom stereocenters. The van der Waals surface area contributed by atoms with Crippen LogP contribution in [0.2, 0.25) is 5.02 Å². The van der Waals surface area contributed by atoms with E-state index in [-0.39, 0.29) is 5.91 Å². The molecule has 1 amide bonds. The Hall–Kier alpha value is -3.44. The maximum Gasteiger partial charge on any atom is 0.244 e. The lowest BCUT2D eigenvalue weighted by atomic mass is 10.0. The van der Waals surface area contributed by atoms with E-state index in [9.17, 15) is 4.79 Å². The Morgan fingerprint density at radius 1 is 1.07 bits per heavy atom. The third-order valence-electron chi connectivity index (χ3n) is 4.63.